The van der Waals surface area contributed by atoms with E-state index in [0.717, 1.165) is 9.80 Å². The van der Waals surface area contributed by atoms with Crippen LogP contribution in [0.4, 0.5) is 16.2 Å². The molecule has 4 heterocycles. The number of carbonyl (C=O) groups excluding carboxylic acids is 13. The van der Waals surface area contributed by atoms with Crippen molar-refractivity contribution < 1.29 is 76.6 Å². The molecule has 12 atom stereocenters. The van der Waals surface area contributed by atoms with Crippen molar-refractivity contribution in [3.05, 3.63) is 59.4 Å². The molecule has 32 nitrogen and oxygen atoms in total. The molecule has 7 N–H and O–H groups in total. The molecule has 0 radical (unpaired) electrons. The highest BCUT2D eigenvalue weighted by Crippen LogP contribution is 2.45. The number of ether oxygens (including phenoxy) is 1. The summed E-state index contributed by atoms with van der Waals surface area (Å²) in [5.74, 6) is -11.5. The SMILES string of the molecule is C=CC(=O)N1CCN(c2nc(NCCC(=O)NCC[C@@H](C)[C@@H](O)[C@H]3C(=O)N[C@@H](CC)C(=O)N(C)CC(=O)N(C)[C@@H](CC(C)C)C(=O)NC(C(C)C)C(=O)N(C)[C@@H](CC(C)C)C(=O)N[C@@H](C)C(=O)N[C@H](C)C(=O)N(C)[C@@H](CC(C)C)C(=O)N(C)[C@@H](CC(C)C)C(=O)N(C)[C@@H](C(C)C)C(=O)N3C)nc3c4c(c(Cl)cc23)-c2c(F)cccc2OCC=C4)CC1. The van der Waals surface area contributed by atoms with Gasteiger partial charge in [0.25, 0.3) is 0 Å². The molecule has 121 heavy (non-hydrogen) atoms. The number of fused-ring (bicyclic) bond motifs is 5. The fourth-order valence-electron chi connectivity index (χ4n) is 15.6. The molecule has 670 valence electrons. The monoisotopic (exact) mass is 1710 g/mol. The summed E-state index contributed by atoms with van der Waals surface area (Å²) < 4.78 is 21.9. The maximum atomic E-state index is 15.9. The fourth-order valence-corrected chi connectivity index (χ4v) is 15.9. The van der Waals surface area contributed by atoms with E-state index in [1.54, 1.807) is 76.8 Å². The lowest BCUT2D eigenvalue weighted by Gasteiger charge is -2.41. The van der Waals surface area contributed by atoms with Crippen molar-refractivity contribution in [2.75, 3.05) is 112 Å². The minimum absolute atomic E-state index is 0.00432. The van der Waals surface area contributed by atoms with Gasteiger partial charge in [0.05, 0.1) is 28.8 Å². The molecule has 0 saturated carbocycles. The molecular formula is C87H133ClFN17O15. The predicted molar refractivity (Wildman–Crippen MR) is 463 cm³/mol. The molecule has 0 aliphatic carbocycles. The largest absolute Gasteiger partial charge is 0.489 e. The van der Waals surface area contributed by atoms with Gasteiger partial charge in [-0.05, 0) is 124 Å². The Morgan fingerprint density at radius 3 is 1.72 bits per heavy atom. The number of piperazine rings is 1. The number of halogens is 2. The predicted octanol–water partition coefficient (Wildman–Crippen LogP) is 5.95. The topological polar surface area (TPSA) is 378 Å². The van der Waals surface area contributed by atoms with Crippen LogP contribution in [-0.4, -0.2) is 299 Å². The lowest BCUT2D eigenvalue weighted by Crippen LogP contribution is -2.63. The highest BCUT2D eigenvalue weighted by Gasteiger charge is 2.46. The van der Waals surface area contributed by atoms with Crippen LogP contribution < -0.4 is 41.5 Å². The van der Waals surface area contributed by atoms with Gasteiger partial charge in [-0.1, -0.05) is 127 Å². The van der Waals surface area contributed by atoms with Gasteiger partial charge in [-0.25, -0.2) is 9.37 Å². The zero-order valence-electron chi connectivity index (χ0n) is 75.1. The molecular weight excluding hydrogens is 1580 g/mol. The van der Waals surface area contributed by atoms with E-state index in [0.29, 0.717) is 54.0 Å². The van der Waals surface area contributed by atoms with Gasteiger partial charge >= 0.3 is 0 Å². The van der Waals surface area contributed by atoms with Crippen molar-refractivity contribution in [1.29, 1.82) is 0 Å². The van der Waals surface area contributed by atoms with Crippen LogP contribution in [0.15, 0.2) is 43.0 Å². The summed E-state index contributed by atoms with van der Waals surface area (Å²) in [6.45, 7) is 32.1. The Labute approximate surface area is 717 Å². The number of aliphatic hydroxyl groups is 1. The van der Waals surface area contributed by atoms with E-state index in [4.69, 9.17) is 26.3 Å². The summed E-state index contributed by atoms with van der Waals surface area (Å²) in [4.78, 5) is 212. The summed E-state index contributed by atoms with van der Waals surface area (Å²) in [6, 6.07) is -7.08. The number of nitrogens with one attached hydrogen (secondary N) is 6. The summed E-state index contributed by atoms with van der Waals surface area (Å²) in [6.07, 6.45) is 3.21. The molecule has 3 aromatic rings. The third-order valence-corrected chi connectivity index (χ3v) is 23.1. The lowest BCUT2D eigenvalue weighted by molar-refractivity contribution is -0.157. The first-order valence-electron chi connectivity index (χ1n) is 42.2. The molecule has 3 aliphatic heterocycles. The van der Waals surface area contributed by atoms with Crippen molar-refractivity contribution in [2.24, 2.45) is 41.4 Å². The quantitative estimate of drug-likeness (QED) is 0.0571. The van der Waals surface area contributed by atoms with E-state index in [2.05, 4.69) is 38.5 Å². The number of carbonyl (C=O) groups is 13. The molecule has 0 spiro atoms. The number of benzene rings is 2. The van der Waals surface area contributed by atoms with Crippen LogP contribution in [-0.2, 0) is 62.3 Å². The molecule has 6 rings (SSSR count). The van der Waals surface area contributed by atoms with Crippen LogP contribution in [0, 0.1) is 47.2 Å². The normalized spacial score (nSPS) is 23.4. The number of hydrogen-bond donors (Lipinski definition) is 7. The van der Waals surface area contributed by atoms with Crippen molar-refractivity contribution in [3.63, 3.8) is 0 Å². The lowest BCUT2D eigenvalue weighted by atomic mass is 9.91. The van der Waals surface area contributed by atoms with Gasteiger partial charge in [0, 0.05) is 112 Å². The number of hydrogen-bond acceptors (Lipinski definition) is 19. The third kappa shape index (κ3) is 25.3. The standard InChI is InChI=1S/C87H133ClFN17O15/c1-25-60-82(116)98(18)46-68(109)99(19)61(41-47(3)4)79(113)95-71(51(11)12)85(119)100(20)62(42-48(5)6)78(112)92-54(16)77(111)93-55(17)81(115)101(21)63(43-49(7)8)83(117)102(22)64(44-50(9)10)84(118)103(23)73(52(13)14)86(120)104(24)74(80(114)94-60)75(110)53(15)32-34-90-66(107)33-35-91-87-96-72-56-29-28-40-121-65-31-27-30-59(89)70(65)69(56)58(88)45-57(72)76(97-87)106-38-36-105(37-39-106)67(108)26-2/h26-31,45,47-55,60-64,71,73-75,110H,2,25,32-44,46H2,1,3-24H3,(H,90,107)(H,92,112)(H,93,111)(H,94,114)(H,95,113)(H,91,96,97)/t53-,54+,55-,60+,61+,62+,63+,64+,71?,73+,74+,75-/m1/s1. The maximum Gasteiger partial charge on any atom is 0.246 e. The summed E-state index contributed by atoms with van der Waals surface area (Å²) in [5.41, 5.74) is 1.41. The van der Waals surface area contributed by atoms with Gasteiger partial charge in [0.1, 0.15) is 84.4 Å². The molecule has 0 bridgehead atoms. The van der Waals surface area contributed by atoms with Crippen LogP contribution >= 0.6 is 11.6 Å². The number of likely N-dealkylation sites (N-methyl/N-ethyl adjacent to an activating group) is 7. The van der Waals surface area contributed by atoms with Gasteiger partial charge in [-0.3, -0.25) is 62.3 Å². The minimum Gasteiger partial charge on any atom is -0.489 e. The molecule has 2 saturated heterocycles. The maximum absolute atomic E-state index is 15.9. The number of aromatic nitrogens is 2. The van der Waals surface area contributed by atoms with Crippen LogP contribution in [0.3, 0.4) is 0 Å². The Balaban J connectivity index is 1.36. The highest BCUT2D eigenvalue weighted by atomic mass is 35.5. The summed E-state index contributed by atoms with van der Waals surface area (Å²) in [7, 11) is 9.67. The second-order valence-electron chi connectivity index (χ2n) is 34.9. The summed E-state index contributed by atoms with van der Waals surface area (Å²) >= 11 is 7.10. The van der Waals surface area contributed by atoms with Gasteiger partial charge in [-0.15, -0.1) is 0 Å². The Morgan fingerprint density at radius 2 is 1.16 bits per heavy atom. The van der Waals surface area contributed by atoms with E-state index in [-0.39, 0.29) is 117 Å². The van der Waals surface area contributed by atoms with Crippen molar-refractivity contribution in [1.82, 2.24) is 75.8 Å². The van der Waals surface area contributed by atoms with Crippen molar-refractivity contribution >= 4 is 117 Å². The smallest absolute Gasteiger partial charge is 0.246 e. The number of anilines is 2. The Hall–Kier alpha value is -10.1. The highest BCUT2D eigenvalue weighted by molar-refractivity contribution is 6.35. The van der Waals surface area contributed by atoms with Gasteiger partial charge < -0.3 is 85.8 Å². The Bertz CT molecular complexity index is 4270. The van der Waals surface area contributed by atoms with E-state index < -0.39 is 168 Å². The van der Waals surface area contributed by atoms with E-state index in [1.807, 2.05) is 60.3 Å². The molecule has 2 aromatic carbocycles. The zero-order chi connectivity index (χ0) is 90.8. The molecule has 13 amide bonds. The first-order valence-corrected chi connectivity index (χ1v) is 42.6. The fraction of sp³-hybridized carbons (Fsp3) is 0.644. The van der Waals surface area contributed by atoms with E-state index in [9.17, 15) is 48.3 Å². The van der Waals surface area contributed by atoms with E-state index in [1.165, 1.54) is 99.8 Å². The average molecular weight is 1710 g/mol. The van der Waals surface area contributed by atoms with Crippen molar-refractivity contribution in [3.8, 4) is 16.9 Å². The first-order chi connectivity index (χ1) is 56.7. The number of rotatable bonds is 22. The molecule has 1 aromatic heterocycles. The van der Waals surface area contributed by atoms with Crippen LogP contribution in [0.2, 0.25) is 5.02 Å². The number of amides is 13. The van der Waals surface area contributed by atoms with Gasteiger partial charge in [0.2, 0.25) is 82.7 Å². The van der Waals surface area contributed by atoms with E-state index >= 15 is 23.6 Å². The first kappa shape index (κ1) is 99.8. The third-order valence-electron chi connectivity index (χ3n) is 22.8. The molecule has 3 aliphatic rings. The van der Waals surface area contributed by atoms with Gasteiger partial charge in [0.15, 0.2) is 0 Å². The average Bonchev–Trinajstić information content (AvgIpc) is 0.756. The number of nitrogens with zero attached hydrogens (tertiary/aromatic N) is 11. The Morgan fingerprint density at radius 1 is 0.620 bits per heavy atom. The van der Waals surface area contributed by atoms with Gasteiger partial charge in [-0.2, -0.15) is 4.98 Å². The molecule has 2 fully saturated rings. The molecule has 34 heteroatoms. The second kappa shape index (κ2) is 44.7. The second-order valence-corrected chi connectivity index (χ2v) is 35.3. The van der Waals surface area contributed by atoms with Crippen LogP contribution in [0.25, 0.3) is 28.1 Å². The number of aliphatic hydroxyl groups excluding tert-OH is 1. The minimum atomic E-state index is -1.82. The van der Waals surface area contributed by atoms with Crippen LogP contribution in [0.5, 0.6) is 5.75 Å². The van der Waals surface area contributed by atoms with Crippen molar-refractivity contribution in [2.45, 2.75) is 222 Å². The molecule has 1 unspecified atom stereocenters. The summed E-state index contributed by atoms with van der Waals surface area (Å²) in [5, 5.41) is 30.6. The Kier molecular flexibility index (Phi) is 36.8. The zero-order valence-corrected chi connectivity index (χ0v) is 75.8. The van der Waals surface area contributed by atoms with Crippen LogP contribution in [0.1, 0.15) is 161 Å².